The molecule has 0 atom stereocenters. The summed E-state index contributed by atoms with van der Waals surface area (Å²) in [6.07, 6.45) is 0. The van der Waals surface area contributed by atoms with Crippen LogP contribution in [0.3, 0.4) is 0 Å². The first-order chi connectivity index (χ1) is 7.59. The molecule has 0 fully saturated rings. The topological polar surface area (TPSA) is 26.0 Å². The average molecular weight is 219 g/mol. The van der Waals surface area contributed by atoms with Crippen LogP contribution in [0.2, 0.25) is 0 Å². The van der Waals surface area contributed by atoms with E-state index in [1.54, 1.807) is 31.2 Å². The second-order valence-corrected chi connectivity index (χ2v) is 3.65. The van der Waals surface area contributed by atoms with Crippen molar-refractivity contribution in [3.05, 3.63) is 53.6 Å². The van der Waals surface area contributed by atoms with Crippen molar-refractivity contribution in [3.8, 4) is 11.1 Å². The summed E-state index contributed by atoms with van der Waals surface area (Å²) in [6, 6.07) is 9.00. The van der Waals surface area contributed by atoms with Gasteiger partial charge in [-0.1, -0.05) is 12.1 Å². The minimum absolute atomic E-state index is 0.339. The van der Waals surface area contributed by atoms with E-state index in [-0.39, 0.29) is 5.82 Å². The van der Waals surface area contributed by atoms with Gasteiger partial charge in [-0.05, 0) is 42.3 Å². The highest BCUT2D eigenvalue weighted by Gasteiger charge is 2.10. The number of anilines is 1. The van der Waals surface area contributed by atoms with Crippen molar-refractivity contribution in [1.29, 1.82) is 0 Å². The highest BCUT2D eigenvalue weighted by atomic mass is 19.1. The lowest BCUT2D eigenvalue weighted by Crippen LogP contribution is -1.93. The van der Waals surface area contributed by atoms with Crippen LogP contribution in [0.25, 0.3) is 11.1 Å². The molecule has 0 saturated carbocycles. The molecule has 2 aromatic rings. The first kappa shape index (κ1) is 10.6. The number of hydrogen-bond acceptors (Lipinski definition) is 1. The minimum Gasteiger partial charge on any atom is -0.399 e. The number of benzene rings is 2. The van der Waals surface area contributed by atoms with Crippen molar-refractivity contribution in [3.63, 3.8) is 0 Å². The predicted molar refractivity (Wildman–Crippen MR) is 60.9 cm³/mol. The van der Waals surface area contributed by atoms with Crippen LogP contribution in [0, 0.1) is 18.6 Å². The van der Waals surface area contributed by atoms with Gasteiger partial charge < -0.3 is 5.73 Å². The van der Waals surface area contributed by atoms with E-state index in [0.717, 1.165) is 0 Å². The van der Waals surface area contributed by atoms with Crippen LogP contribution in [0.1, 0.15) is 5.56 Å². The van der Waals surface area contributed by atoms with Crippen LogP contribution in [-0.4, -0.2) is 0 Å². The zero-order chi connectivity index (χ0) is 11.7. The quantitative estimate of drug-likeness (QED) is 0.729. The molecule has 16 heavy (non-hydrogen) atoms. The van der Waals surface area contributed by atoms with Gasteiger partial charge in [-0.2, -0.15) is 0 Å². The second-order valence-electron chi connectivity index (χ2n) is 3.65. The summed E-state index contributed by atoms with van der Waals surface area (Å²) >= 11 is 0. The predicted octanol–water partition coefficient (Wildman–Crippen LogP) is 3.52. The Morgan fingerprint density at radius 3 is 2.38 bits per heavy atom. The monoisotopic (exact) mass is 219 g/mol. The average Bonchev–Trinajstić information content (AvgIpc) is 2.23. The van der Waals surface area contributed by atoms with E-state index < -0.39 is 5.82 Å². The maximum atomic E-state index is 13.6. The first-order valence-corrected chi connectivity index (χ1v) is 4.90. The number of nitrogens with two attached hydrogens (primary N) is 1. The van der Waals surface area contributed by atoms with Gasteiger partial charge >= 0.3 is 0 Å². The smallest absolute Gasteiger partial charge is 0.133 e. The molecular weight excluding hydrogens is 208 g/mol. The molecule has 0 aromatic heterocycles. The normalized spacial score (nSPS) is 10.4. The molecule has 0 bridgehead atoms. The van der Waals surface area contributed by atoms with E-state index >= 15 is 0 Å². The molecule has 2 aromatic carbocycles. The fourth-order valence-corrected chi connectivity index (χ4v) is 1.65. The van der Waals surface area contributed by atoms with Gasteiger partial charge in [-0.15, -0.1) is 0 Å². The van der Waals surface area contributed by atoms with Gasteiger partial charge in [0, 0.05) is 11.3 Å². The summed E-state index contributed by atoms with van der Waals surface area (Å²) in [5, 5.41) is 0. The Labute approximate surface area is 92.5 Å². The van der Waals surface area contributed by atoms with E-state index in [1.807, 2.05) is 0 Å². The summed E-state index contributed by atoms with van der Waals surface area (Å²) in [6.45, 7) is 1.63. The summed E-state index contributed by atoms with van der Waals surface area (Å²) in [5.74, 6) is -0.776. The summed E-state index contributed by atoms with van der Waals surface area (Å²) in [5.41, 5.74) is 7.17. The second kappa shape index (κ2) is 3.93. The van der Waals surface area contributed by atoms with Crippen molar-refractivity contribution < 1.29 is 8.78 Å². The Balaban J connectivity index is 2.63. The fourth-order valence-electron chi connectivity index (χ4n) is 1.65. The van der Waals surface area contributed by atoms with E-state index in [1.165, 1.54) is 12.1 Å². The Bertz CT molecular complexity index is 535. The minimum atomic E-state index is -0.436. The number of rotatable bonds is 1. The van der Waals surface area contributed by atoms with E-state index in [0.29, 0.717) is 22.4 Å². The third-order valence-corrected chi connectivity index (χ3v) is 2.55. The Morgan fingerprint density at radius 2 is 1.69 bits per heavy atom. The molecule has 0 aliphatic rings. The van der Waals surface area contributed by atoms with Gasteiger partial charge in [-0.25, -0.2) is 8.78 Å². The third kappa shape index (κ3) is 1.76. The molecule has 0 radical (unpaired) electrons. The van der Waals surface area contributed by atoms with Gasteiger partial charge in [0.2, 0.25) is 0 Å². The largest absolute Gasteiger partial charge is 0.399 e. The lowest BCUT2D eigenvalue weighted by molar-refractivity contribution is 0.617. The zero-order valence-corrected chi connectivity index (χ0v) is 8.80. The summed E-state index contributed by atoms with van der Waals surface area (Å²) in [7, 11) is 0. The van der Waals surface area contributed by atoms with Crippen molar-refractivity contribution >= 4 is 5.69 Å². The van der Waals surface area contributed by atoms with Crippen molar-refractivity contribution in [2.75, 3.05) is 5.73 Å². The lowest BCUT2D eigenvalue weighted by atomic mass is 9.99. The number of halogens is 2. The van der Waals surface area contributed by atoms with Crippen LogP contribution in [-0.2, 0) is 0 Å². The van der Waals surface area contributed by atoms with Crippen LogP contribution >= 0.6 is 0 Å². The Hall–Kier alpha value is -1.90. The fraction of sp³-hybridized carbons (Fsp3) is 0.0769. The molecular formula is C13H11F2N. The van der Waals surface area contributed by atoms with Crippen molar-refractivity contribution in [2.24, 2.45) is 0 Å². The van der Waals surface area contributed by atoms with E-state index in [2.05, 4.69) is 0 Å². The summed E-state index contributed by atoms with van der Waals surface area (Å²) < 4.78 is 27.0. The van der Waals surface area contributed by atoms with Gasteiger partial charge in [-0.3, -0.25) is 0 Å². The molecule has 2 N–H and O–H groups in total. The maximum absolute atomic E-state index is 13.6. The SMILES string of the molecule is Cc1c(F)cccc1-c1ccc(N)cc1F. The highest BCUT2D eigenvalue weighted by molar-refractivity contribution is 5.69. The molecule has 0 heterocycles. The van der Waals surface area contributed by atoms with Gasteiger partial charge in [0.25, 0.3) is 0 Å². The lowest BCUT2D eigenvalue weighted by Gasteiger charge is -2.08. The van der Waals surface area contributed by atoms with Gasteiger partial charge in [0.1, 0.15) is 11.6 Å². The number of hydrogen-bond donors (Lipinski definition) is 1. The molecule has 0 aliphatic carbocycles. The molecule has 1 nitrogen and oxygen atoms in total. The zero-order valence-electron chi connectivity index (χ0n) is 8.80. The molecule has 0 spiro atoms. The summed E-state index contributed by atoms with van der Waals surface area (Å²) in [4.78, 5) is 0. The van der Waals surface area contributed by atoms with E-state index in [9.17, 15) is 8.78 Å². The van der Waals surface area contributed by atoms with Crippen molar-refractivity contribution in [2.45, 2.75) is 6.92 Å². The van der Waals surface area contributed by atoms with Crippen LogP contribution < -0.4 is 5.73 Å². The van der Waals surface area contributed by atoms with Crippen molar-refractivity contribution in [1.82, 2.24) is 0 Å². The van der Waals surface area contributed by atoms with E-state index in [4.69, 9.17) is 5.73 Å². The molecule has 2 rings (SSSR count). The molecule has 82 valence electrons. The van der Waals surface area contributed by atoms with Crippen LogP contribution in [0.5, 0.6) is 0 Å². The third-order valence-electron chi connectivity index (χ3n) is 2.55. The molecule has 0 unspecified atom stereocenters. The first-order valence-electron chi connectivity index (χ1n) is 4.90. The number of nitrogen functional groups attached to an aromatic ring is 1. The van der Waals surface area contributed by atoms with Gasteiger partial charge in [0.05, 0.1) is 0 Å². The molecule has 0 saturated heterocycles. The Kier molecular flexibility index (Phi) is 2.60. The highest BCUT2D eigenvalue weighted by Crippen LogP contribution is 2.28. The van der Waals surface area contributed by atoms with Crippen LogP contribution in [0.4, 0.5) is 14.5 Å². The molecule has 3 heteroatoms. The maximum Gasteiger partial charge on any atom is 0.133 e. The molecule has 0 aliphatic heterocycles. The van der Waals surface area contributed by atoms with Crippen LogP contribution in [0.15, 0.2) is 36.4 Å². The standard InChI is InChI=1S/C13H11F2N/c1-8-10(3-2-4-12(8)14)11-6-5-9(16)7-13(11)15/h2-7H,16H2,1H3. The Morgan fingerprint density at radius 1 is 0.938 bits per heavy atom. The van der Waals surface area contributed by atoms with Gasteiger partial charge in [0.15, 0.2) is 0 Å². The molecule has 0 amide bonds.